The van der Waals surface area contributed by atoms with Crippen molar-refractivity contribution in [3.63, 3.8) is 0 Å². The predicted molar refractivity (Wildman–Crippen MR) is 79.3 cm³/mol. The molecule has 9 heteroatoms. The standard InChI is InChI=1S/C14H17N3O6/c1-4-8-13(18)16(11(7(2)3)14(19)20)12-9(23-8)5-6-10(15-12)17(21)22/h5-8,11H,4H2,1-3H3,(H,19,20). The van der Waals surface area contributed by atoms with Gasteiger partial charge in [-0.2, -0.15) is 0 Å². The van der Waals surface area contributed by atoms with E-state index in [2.05, 4.69) is 4.98 Å². The summed E-state index contributed by atoms with van der Waals surface area (Å²) in [4.78, 5) is 39.2. The van der Waals surface area contributed by atoms with Crippen LogP contribution in [-0.4, -0.2) is 39.0 Å². The van der Waals surface area contributed by atoms with Crippen molar-refractivity contribution in [3.05, 3.63) is 22.2 Å². The Hall–Kier alpha value is -2.71. The van der Waals surface area contributed by atoms with E-state index in [0.29, 0.717) is 6.42 Å². The van der Waals surface area contributed by atoms with Crippen LogP contribution in [0.5, 0.6) is 5.75 Å². The van der Waals surface area contributed by atoms with Crippen molar-refractivity contribution in [1.82, 2.24) is 4.98 Å². The maximum absolute atomic E-state index is 12.6. The molecule has 1 aromatic rings. The van der Waals surface area contributed by atoms with Crippen molar-refractivity contribution in [1.29, 1.82) is 0 Å². The smallest absolute Gasteiger partial charge is 0.366 e. The van der Waals surface area contributed by atoms with Crippen molar-refractivity contribution in [3.8, 4) is 5.75 Å². The fraction of sp³-hybridized carbons (Fsp3) is 0.500. The molecule has 2 heterocycles. The average molecular weight is 323 g/mol. The number of carbonyl (C=O) groups excluding carboxylic acids is 1. The molecule has 2 rings (SSSR count). The van der Waals surface area contributed by atoms with E-state index in [0.717, 1.165) is 11.0 Å². The molecule has 0 saturated carbocycles. The Bertz CT molecular complexity index is 660. The number of anilines is 1. The van der Waals surface area contributed by atoms with Crippen LogP contribution in [0.3, 0.4) is 0 Å². The van der Waals surface area contributed by atoms with Crippen LogP contribution in [0.1, 0.15) is 27.2 Å². The second kappa shape index (κ2) is 6.19. The van der Waals surface area contributed by atoms with Gasteiger partial charge in [-0.3, -0.25) is 9.69 Å². The molecule has 0 aliphatic carbocycles. The Balaban J connectivity index is 2.63. The van der Waals surface area contributed by atoms with Crippen LogP contribution in [0.2, 0.25) is 0 Å². The highest BCUT2D eigenvalue weighted by Crippen LogP contribution is 2.37. The van der Waals surface area contributed by atoms with E-state index in [1.165, 1.54) is 6.07 Å². The van der Waals surface area contributed by atoms with Gasteiger partial charge in [-0.05, 0) is 28.3 Å². The number of fused-ring (bicyclic) bond motifs is 1. The highest BCUT2D eigenvalue weighted by Gasteiger charge is 2.45. The second-order valence-corrected chi connectivity index (χ2v) is 5.50. The first kappa shape index (κ1) is 16.7. The van der Waals surface area contributed by atoms with Crippen LogP contribution >= 0.6 is 0 Å². The average Bonchev–Trinajstić information content (AvgIpc) is 2.48. The molecule has 1 aliphatic rings. The predicted octanol–water partition coefficient (Wildman–Crippen LogP) is 1.60. The lowest BCUT2D eigenvalue weighted by molar-refractivity contribution is -0.389. The van der Waals surface area contributed by atoms with Gasteiger partial charge in [0.15, 0.2) is 11.9 Å². The first-order valence-electron chi connectivity index (χ1n) is 7.15. The second-order valence-electron chi connectivity index (χ2n) is 5.50. The monoisotopic (exact) mass is 323 g/mol. The molecule has 2 atom stereocenters. The summed E-state index contributed by atoms with van der Waals surface area (Å²) < 4.78 is 5.50. The fourth-order valence-corrected chi connectivity index (χ4v) is 2.48. The van der Waals surface area contributed by atoms with Gasteiger partial charge in [0.1, 0.15) is 6.04 Å². The van der Waals surface area contributed by atoms with Crippen molar-refractivity contribution >= 4 is 23.5 Å². The molecule has 9 nitrogen and oxygen atoms in total. The van der Waals surface area contributed by atoms with E-state index in [-0.39, 0.29) is 11.6 Å². The van der Waals surface area contributed by atoms with Crippen LogP contribution in [-0.2, 0) is 9.59 Å². The molecule has 0 saturated heterocycles. The number of rotatable bonds is 5. The molecule has 1 aliphatic heterocycles. The topological polar surface area (TPSA) is 123 Å². The summed E-state index contributed by atoms with van der Waals surface area (Å²) >= 11 is 0. The van der Waals surface area contributed by atoms with Gasteiger partial charge in [0.2, 0.25) is 0 Å². The molecule has 1 N–H and O–H groups in total. The number of ether oxygens (including phenoxy) is 1. The van der Waals surface area contributed by atoms with Crippen molar-refractivity contribution in [2.45, 2.75) is 39.3 Å². The van der Waals surface area contributed by atoms with Crippen LogP contribution in [0.25, 0.3) is 0 Å². The van der Waals surface area contributed by atoms with Gasteiger partial charge >= 0.3 is 11.8 Å². The number of aliphatic carboxylic acids is 1. The number of carboxylic acids is 1. The lowest BCUT2D eigenvalue weighted by atomic mass is 10.0. The van der Waals surface area contributed by atoms with Gasteiger partial charge in [-0.25, -0.2) is 4.79 Å². The van der Waals surface area contributed by atoms with Gasteiger partial charge in [-0.1, -0.05) is 20.8 Å². The van der Waals surface area contributed by atoms with E-state index in [1.807, 2.05) is 0 Å². The zero-order valence-corrected chi connectivity index (χ0v) is 12.9. The minimum absolute atomic E-state index is 0.130. The zero-order valence-electron chi connectivity index (χ0n) is 12.9. The molecule has 1 amide bonds. The highest BCUT2D eigenvalue weighted by atomic mass is 16.6. The molecular formula is C14H17N3O6. The Morgan fingerprint density at radius 2 is 2.17 bits per heavy atom. The maximum atomic E-state index is 12.6. The first-order valence-corrected chi connectivity index (χ1v) is 7.15. The van der Waals surface area contributed by atoms with E-state index in [9.17, 15) is 24.8 Å². The maximum Gasteiger partial charge on any atom is 0.366 e. The summed E-state index contributed by atoms with van der Waals surface area (Å²) in [5.41, 5.74) is 0. The molecular weight excluding hydrogens is 306 g/mol. The van der Waals surface area contributed by atoms with E-state index in [1.54, 1.807) is 20.8 Å². The molecule has 23 heavy (non-hydrogen) atoms. The molecule has 2 unspecified atom stereocenters. The Morgan fingerprint density at radius 1 is 1.52 bits per heavy atom. The number of carbonyl (C=O) groups is 2. The Labute approximate surface area is 132 Å². The van der Waals surface area contributed by atoms with Gasteiger partial charge in [0.25, 0.3) is 11.7 Å². The summed E-state index contributed by atoms with van der Waals surface area (Å²) in [6.45, 7) is 5.04. The number of hydrogen-bond acceptors (Lipinski definition) is 6. The van der Waals surface area contributed by atoms with E-state index in [4.69, 9.17) is 4.74 Å². The molecule has 0 spiro atoms. The molecule has 0 radical (unpaired) electrons. The Morgan fingerprint density at radius 3 is 2.65 bits per heavy atom. The third kappa shape index (κ3) is 2.94. The summed E-state index contributed by atoms with van der Waals surface area (Å²) in [7, 11) is 0. The molecule has 0 aromatic carbocycles. The van der Waals surface area contributed by atoms with Crippen LogP contribution in [0, 0.1) is 16.0 Å². The molecule has 0 bridgehead atoms. The Kier molecular flexibility index (Phi) is 4.48. The number of nitro groups is 1. The summed E-state index contributed by atoms with van der Waals surface area (Å²) in [5, 5.41) is 20.4. The quantitative estimate of drug-likeness (QED) is 0.644. The van der Waals surface area contributed by atoms with Gasteiger partial charge in [-0.15, -0.1) is 0 Å². The van der Waals surface area contributed by atoms with Crippen molar-refractivity contribution < 1.29 is 24.4 Å². The number of hydrogen-bond donors (Lipinski definition) is 1. The summed E-state index contributed by atoms with van der Waals surface area (Å²) in [5.74, 6) is -2.63. The zero-order chi connectivity index (χ0) is 17.3. The van der Waals surface area contributed by atoms with Crippen molar-refractivity contribution in [2.75, 3.05) is 4.90 Å². The number of carboxylic acid groups (broad SMARTS) is 1. The van der Waals surface area contributed by atoms with Gasteiger partial charge in [0.05, 0.1) is 0 Å². The third-order valence-corrected chi connectivity index (χ3v) is 3.56. The lowest BCUT2D eigenvalue weighted by Gasteiger charge is -2.35. The van der Waals surface area contributed by atoms with E-state index >= 15 is 0 Å². The van der Waals surface area contributed by atoms with Gasteiger partial charge < -0.3 is 20.0 Å². The fourth-order valence-electron chi connectivity index (χ4n) is 2.48. The molecule has 0 fully saturated rings. The first-order chi connectivity index (χ1) is 10.8. The SMILES string of the molecule is CCC1Oc2ccc([N+](=O)[O-])nc2N(C(C(=O)O)C(C)C)C1=O. The van der Waals surface area contributed by atoms with Crippen LogP contribution in [0.4, 0.5) is 11.6 Å². The number of amides is 1. The third-order valence-electron chi connectivity index (χ3n) is 3.56. The van der Waals surface area contributed by atoms with Crippen LogP contribution < -0.4 is 9.64 Å². The highest BCUT2D eigenvalue weighted by molar-refractivity contribution is 6.03. The summed E-state index contributed by atoms with van der Waals surface area (Å²) in [6, 6.07) is 1.31. The minimum atomic E-state index is -1.20. The van der Waals surface area contributed by atoms with E-state index < -0.39 is 40.7 Å². The normalized spacial score (nSPS) is 18.3. The van der Waals surface area contributed by atoms with Crippen molar-refractivity contribution in [2.24, 2.45) is 5.92 Å². The lowest BCUT2D eigenvalue weighted by Crippen LogP contribution is -2.55. The largest absolute Gasteiger partial charge is 0.480 e. The summed E-state index contributed by atoms with van der Waals surface area (Å²) in [6.07, 6.45) is -0.498. The number of aromatic nitrogens is 1. The van der Waals surface area contributed by atoms with Gasteiger partial charge in [0, 0.05) is 6.07 Å². The minimum Gasteiger partial charge on any atom is -0.480 e. The molecule has 1 aromatic heterocycles. The van der Waals surface area contributed by atoms with Crippen LogP contribution in [0.15, 0.2) is 12.1 Å². The number of pyridine rings is 1. The molecule has 124 valence electrons. The number of nitrogens with zero attached hydrogens (tertiary/aromatic N) is 3.